The standard InChI is InChI=1S/C60H43NSSi/c1-6-18-44(19-7-1)45-32-34-46(35-33-45)47-36-38-49(39-37-47)61(58-31-17-30-57-56-29-16-28-55(59(56)62-60(57)58)48-20-8-2-9-21-48)50-40-42-54(43-41-50)63(51-22-10-3-11-23-51,52-24-12-4-13-25-52)53-26-14-5-15-27-53/h1-43H. The summed E-state index contributed by atoms with van der Waals surface area (Å²) in [6, 6.07) is 95.9. The summed E-state index contributed by atoms with van der Waals surface area (Å²) in [7, 11) is -2.71. The quantitative estimate of drug-likeness (QED) is 0.0980. The predicted octanol–water partition coefficient (Wildman–Crippen LogP) is 13.9. The van der Waals surface area contributed by atoms with Gasteiger partial charge in [-0.1, -0.05) is 231 Å². The van der Waals surface area contributed by atoms with E-state index in [0.29, 0.717) is 0 Å². The van der Waals surface area contributed by atoms with Crippen LogP contribution < -0.4 is 25.6 Å². The molecule has 0 fully saturated rings. The molecule has 0 radical (unpaired) electrons. The highest BCUT2D eigenvalue weighted by Crippen LogP contribution is 2.47. The van der Waals surface area contributed by atoms with Crippen molar-refractivity contribution in [2.24, 2.45) is 0 Å². The van der Waals surface area contributed by atoms with Gasteiger partial charge < -0.3 is 4.90 Å². The van der Waals surface area contributed by atoms with E-state index in [2.05, 4.69) is 266 Å². The molecular formula is C60H43NSSi. The van der Waals surface area contributed by atoms with Gasteiger partial charge in [0, 0.05) is 26.8 Å². The van der Waals surface area contributed by atoms with E-state index in [9.17, 15) is 0 Å². The van der Waals surface area contributed by atoms with Crippen LogP contribution in [0, 0.1) is 0 Å². The second-order valence-electron chi connectivity index (χ2n) is 16.0. The van der Waals surface area contributed by atoms with E-state index in [-0.39, 0.29) is 0 Å². The summed E-state index contributed by atoms with van der Waals surface area (Å²) in [6.07, 6.45) is 0. The Kier molecular flexibility index (Phi) is 10.2. The molecule has 1 heterocycles. The maximum atomic E-state index is 2.46. The molecule has 0 atom stereocenters. The smallest absolute Gasteiger partial charge is 0.179 e. The number of anilines is 3. The predicted molar refractivity (Wildman–Crippen MR) is 274 cm³/mol. The largest absolute Gasteiger partial charge is 0.309 e. The Morgan fingerprint density at radius 1 is 0.270 bits per heavy atom. The van der Waals surface area contributed by atoms with Gasteiger partial charge in [0.05, 0.1) is 10.4 Å². The molecule has 0 saturated carbocycles. The molecule has 3 heteroatoms. The Bertz CT molecular complexity index is 3180. The van der Waals surface area contributed by atoms with E-state index in [0.717, 1.165) is 17.1 Å². The number of rotatable bonds is 10. The molecule has 10 aromatic carbocycles. The van der Waals surface area contributed by atoms with Crippen LogP contribution in [-0.4, -0.2) is 8.07 Å². The Morgan fingerprint density at radius 2 is 0.635 bits per heavy atom. The van der Waals surface area contributed by atoms with Gasteiger partial charge in [-0.15, -0.1) is 11.3 Å². The lowest BCUT2D eigenvalue weighted by atomic mass is 10.00. The molecule has 63 heavy (non-hydrogen) atoms. The van der Waals surface area contributed by atoms with Gasteiger partial charge in [-0.05, 0) is 84.5 Å². The molecule has 0 N–H and O–H groups in total. The Balaban J connectivity index is 1.08. The molecule has 1 nitrogen and oxygen atoms in total. The van der Waals surface area contributed by atoms with Crippen molar-refractivity contribution in [1.82, 2.24) is 0 Å². The molecule has 0 saturated heterocycles. The van der Waals surface area contributed by atoms with Crippen LogP contribution >= 0.6 is 11.3 Å². The van der Waals surface area contributed by atoms with E-state index in [1.807, 2.05) is 11.3 Å². The van der Waals surface area contributed by atoms with Crippen LogP contribution in [0.2, 0.25) is 0 Å². The zero-order valence-electron chi connectivity index (χ0n) is 34.7. The summed E-state index contributed by atoms with van der Waals surface area (Å²) in [5.41, 5.74) is 10.7. The van der Waals surface area contributed by atoms with E-state index >= 15 is 0 Å². The van der Waals surface area contributed by atoms with Crippen molar-refractivity contribution in [3.05, 3.63) is 261 Å². The minimum atomic E-state index is -2.71. The maximum Gasteiger partial charge on any atom is 0.179 e. The summed E-state index contributed by atoms with van der Waals surface area (Å²) in [4.78, 5) is 2.46. The van der Waals surface area contributed by atoms with Crippen molar-refractivity contribution in [2.45, 2.75) is 0 Å². The number of fused-ring (bicyclic) bond motifs is 3. The van der Waals surface area contributed by atoms with Crippen LogP contribution in [0.5, 0.6) is 0 Å². The molecular weight excluding hydrogens is 795 g/mol. The second kappa shape index (κ2) is 16.7. The third kappa shape index (κ3) is 6.98. The first-order chi connectivity index (χ1) is 31.3. The second-order valence-corrected chi connectivity index (χ2v) is 20.9. The molecule has 0 unspecified atom stereocenters. The molecule has 0 bridgehead atoms. The molecule has 11 aromatic rings. The SMILES string of the molecule is c1ccc(-c2ccc(-c3ccc(N(c4ccc([Si](c5ccccc5)(c5ccccc5)c5ccccc5)cc4)c4cccc5c4sc4c(-c6ccccc6)cccc45)cc3)cc2)cc1. The first-order valence-corrected chi connectivity index (χ1v) is 24.4. The Labute approximate surface area is 374 Å². The molecule has 298 valence electrons. The molecule has 0 aliphatic heterocycles. The average molecular weight is 838 g/mol. The van der Waals surface area contributed by atoms with Gasteiger partial charge in [-0.2, -0.15) is 0 Å². The normalized spacial score (nSPS) is 11.5. The summed E-state index contributed by atoms with van der Waals surface area (Å²) in [5.74, 6) is 0. The van der Waals surface area contributed by atoms with Gasteiger partial charge in [0.1, 0.15) is 0 Å². The van der Waals surface area contributed by atoms with Crippen LogP contribution in [0.4, 0.5) is 17.1 Å². The molecule has 11 rings (SSSR count). The van der Waals surface area contributed by atoms with Crippen LogP contribution in [0.25, 0.3) is 53.6 Å². The molecule has 0 aliphatic carbocycles. The van der Waals surface area contributed by atoms with Crippen molar-refractivity contribution in [2.75, 3.05) is 4.90 Å². The fraction of sp³-hybridized carbons (Fsp3) is 0. The first-order valence-electron chi connectivity index (χ1n) is 21.6. The summed E-state index contributed by atoms with van der Waals surface area (Å²) in [5, 5.41) is 7.99. The lowest BCUT2D eigenvalue weighted by Gasteiger charge is -2.35. The van der Waals surface area contributed by atoms with Crippen LogP contribution in [0.15, 0.2) is 261 Å². The monoisotopic (exact) mass is 837 g/mol. The zero-order valence-corrected chi connectivity index (χ0v) is 36.5. The van der Waals surface area contributed by atoms with Gasteiger partial charge >= 0.3 is 0 Å². The van der Waals surface area contributed by atoms with E-state index in [1.165, 1.54) is 74.3 Å². The van der Waals surface area contributed by atoms with Gasteiger partial charge in [0.15, 0.2) is 8.07 Å². The number of hydrogen-bond acceptors (Lipinski definition) is 2. The van der Waals surface area contributed by atoms with Gasteiger partial charge in [0.25, 0.3) is 0 Å². The lowest BCUT2D eigenvalue weighted by molar-refractivity contribution is 1.30. The van der Waals surface area contributed by atoms with Crippen LogP contribution in [0.1, 0.15) is 0 Å². The van der Waals surface area contributed by atoms with Gasteiger partial charge in [-0.25, -0.2) is 0 Å². The van der Waals surface area contributed by atoms with Gasteiger partial charge in [0.2, 0.25) is 0 Å². The van der Waals surface area contributed by atoms with Gasteiger partial charge in [-0.3, -0.25) is 0 Å². The summed E-state index contributed by atoms with van der Waals surface area (Å²) < 4.78 is 2.57. The Hall–Kier alpha value is -7.56. The van der Waals surface area contributed by atoms with Crippen molar-refractivity contribution in [1.29, 1.82) is 0 Å². The number of hydrogen-bond donors (Lipinski definition) is 0. The molecule has 1 aromatic heterocycles. The average Bonchev–Trinajstić information content (AvgIpc) is 3.76. The first kappa shape index (κ1) is 38.4. The summed E-state index contributed by atoms with van der Waals surface area (Å²) >= 11 is 1.89. The van der Waals surface area contributed by atoms with Crippen molar-refractivity contribution in [3.8, 4) is 33.4 Å². The number of benzene rings is 10. The highest BCUT2D eigenvalue weighted by Gasteiger charge is 2.41. The van der Waals surface area contributed by atoms with E-state index in [1.54, 1.807) is 0 Å². The fourth-order valence-corrected chi connectivity index (χ4v) is 15.6. The maximum absolute atomic E-state index is 2.71. The molecule has 0 spiro atoms. The topological polar surface area (TPSA) is 3.24 Å². The minimum absolute atomic E-state index is 1.11. The van der Waals surface area contributed by atoms with Crippen LogP contribution in [0.3, 0.4) is 0 Å². The minimum Gasteiger partial charge on any atom is -0.309 e. The molecule has 0 amide bonds. The van der Waals surface area contributed by atoms with Crippen molar-refractivity contribution < 1.29 is 0 Å². The summed E-state index contributed by atoms with van der Waals surface area (Å²) in [6.45, 7) is 0. The van der Waals surface area contributed by atoms with E-state index < -0.39 is 8.07 Å². The highest BCUT2D eigenvalue weighted by atomic mass is 32.1. The zero-order chi connectivity index (χ0) is 42.0. The lowest BCUT2D eigenvalue weighted by Crippen LogP contribution is -2.74. The van der Waals surface area contributed by atoms with Crippen molar-refractivity contribution in [3.63, 3.8) is 0 Å². The number of thiophene rings is 1. The Morgan fingerprint density at radius 3 is 1.13 bits per heavy atom. The van der Waals surface area contributed by atoms with E-state index in [4.69, 9.17) is 0 Å². The fourth-order valence-electron chi connectivity index (χ4n) is 9.47. The number of nitrogens with zero attached hydrogens (tertiary/aromatic N) is 1. The van der Waals surface area contributed by atoms with Crippen molar-refractivity contribution >= 4 is 77.4 Å². The third-order valence-electron chi connectivity index (χ3n) is 12.5. The molecule has 0 aliphatic rings. The van der Waals surface area contributed by atoms with Crippen LogP contribution in [-0.2, 0) is 0 Å². The highest BCUT2D eigenvalue weighted by molar-refractivity contribution is 7.27. The third-order valence-corrected chi connectivity index (χ3v) is 18.5.